The number of hydrogen-bond donors (Lipinski definition) is 1. The summed E-state index contributed by atoms with van der Waals surface area (Å²) in [7, 11) is 0.226. The number of unbranched alkanes of at least 4 members (excludes halogenated alkanes) is 19. The van der Waals surface area contributed by atoms with Gasteiger partial charge in [-0.3, -0.25) is 14.5 Å². The normalized spacial score (nSPS) is 12.7. The number of carbonyl (C=O) groups excluding carboxylic acids is 1. The van der Waals surface area contributed by atoms with Crippen molar-refractivity contribution in [2.45, 2.75) is 207 Å². The van der Waals surface area contributed by atoms with Crippen molar-refractivity contribution in [2.24, 2.45) is 4.99 Å². The average molecular weight is 803 g/mol. The summed E-state index contributed by atoms with van der Waals surface area (Å²) in [6, 6.07) is 0. The highest BCUT2D eigenvalue weighted by atomic mass is 32.2. The summed E-state index contributed by atoms with van der Waals surface area (Å²) in [6.45, 7) is 12.2. The van der Waals surface area contributed by atoms with Gasteiger partial charge in [-0.2, -0.15) is 0 Å². The molecule has 0 aliphatic rings. The molecule has 1 unspecified atom stereocenters. The fourth-order valence-corrected chi connectivity index (χ4v) is 7.28. The Morgan fingerprint density at radius 1 is 0.618 bits per heavy atom. The largest absolute Gasteiger partial charge is 0.466 e. The van der Waals surface area contributed by atoms with Crippen molar-refractivity contribution < 1.29 is 27.4 Å². The number of guanidine groups is 1. The molecule has 0 heterocycles. The maximum Gasteiger partial charge on any atom is 0.305 e. The highest BCUT2D eigenvalue weighted by Crippen LogP contribution is 2.16. The number of hydrogen-bond acceptors (Lipinski definition) is 8. The number of esters is 1. The molecule has 0 amide bonds. The molecule has 0 aliphatic heterocycles. The molecule has 0 fully saturated rings. The van der Waals surface area contributed by atoms with Crippen molar-refractivity contribution in [3.63, 3.8) is 0 Å². The summed E-state index contributed by atoms with van der Waals surface area (Å²) in [4.78, 5) is 20.9. The molecule has 0 aromatic rings. The number of sulfonamides is 1. The zero-order valence-electron chi connectivity index (χ0n) is 37.0. The first kappa shape index (κ1) is 53.6. The van der Waals surface area contributed by atoms with Gasteiger partial charge in [0.05, 0.1) is 19.0 Å². The van der Waals surface area contributed by atoms with Gasteiger partial charge in [-0.05, 0) is 71.0 Å². The van der Waals surface area contributed by atoms with Gasteiger partial charge in [0.1, 0.15) is 6.79 Å². The van der Waals surface area contributed by atoms with Gasteiger partial charge in [0.15, 0.2) is 0 Å². The van der Waals surface area contributed by atoms with Gasteiger partial charge in [-0.1, -0.05) is 143 Å². The van der Waals surface area contributed by atoms with E-state index in [4.69, 9.17) is 14.2 Å². The van der Waals surface area contributed by atoms with E-state index < -0.39 is 10.0 Å². The second-order valence-corrected chi connectivity index (χ2v) is 17.7. The van der Waals surface area contributed by atoms with Crippen molar-refractivity contribution >= 4 is 22.0 Å². The van der Waals surface area contributed by atoms with Crippen LogP contribution in [0.4, 0.5) is 0 Å². The van der Waals surface area contributed by atoms with Crippen LogP contribution in [0.5, 0.6) is 0 Å². The van der Waals surface area contributed by atoms with Crippen LogP contribution in [0.25, 0.3) is 0 Å². The minimum absolute atomic E-state index is 0.0422. The molecule has 1 N–H and O–H groups in total. The predicted molar refractivity (Wildman–Crippen MR) is 233 cm³/mol. The van der Waals surface area contributed by atoms with Crippen LogP contribution in [-0.2, 0) is 29.0 Å². The molecule has 0 rings (SSSR count). The minimum Gasteiger partial charge on any atom is -0.466 e. The van der Waals surface area contributed by atoms with E-state index in [-0.39, 0.29) is 5.97 Å². The van der Waals surface area contributed by atoms with Crippen LogP contribution < -0.4 is 4.72 Å². The fraction of sp³-hybridized carbons (Fsp3) is 0.955. The Morgan fingerprint density at radius 3 is 1.67 bits per heavy atom. The first-order valence-electron chi connectivity index (χ1n) is 22.9. The van der Waals surface area contributed by atoms with Gasteiger partial charge >= 0.3 is 5.97 Å². The second-order valence-electron chi connectivity index (χ2n) is 16.0. The lowest BCUT2D eigenvalue weighted by molar-refractivity contribution is -0.143. The molecule has 0 aliphatic carbocycles. The minimum atomic E-state index is -3.37. The highest BCUT2D eigenvalue weighted by molar-refractivity contribution is 7.89. The van der Waals surface area contributed by atoms with E-state index in [1.807, 2.05) is 0 Å². The standard InChI is InChI=1S/C44H90N4O6S/c1-7-10-13-15-23-30-40-53-43(49)34-26-19-18-21-28-37-48(38-31-35-45-44(47(4)5)46-55(6,50)51)36-27-20-16-17-22-29-39-52-41-54-42(32-24-12-9-3)33-25-14-11-8-2/h42H,7-41H2,1-6H3,(H,45,46). The quantitative estimate of drug-likeness (QED) is 0.0214. The Bertz CT molecular complexity index is 981. The lowest BCUT2D eigenvalue weighted by Crippen LogP contribution is -2.39. The van der Waals surface area contributed by atoms with Gasteiger partial charge in [-0.15, -0.1) is 0 Å². The molecule has 0 saturated heterocycles. The molecule has 1 atom stereocenters. The zero-order chi connectivity index (χ0) is 40.7. The molecular weight excluding hydrogens is 713 g/mol. The molecule has 10 nitrogen and oxygen atoms in total. The summed E-state index contributed by atoms with van der Waals surface area (Å²) in [5.74, 6) is 0.335. The number of rotatable bonds is 41. The fourth-order valence-electron chi connectivity index (χ4n) is 6.70. The van der Waals surface area contributed by atoms with Gasteiger partial charge in [0.2, 0.25) is 16.0 Å². The monoisotopic (exact) mass is 803 g/mol. The Kier molecular flexibility index (Phi) is 38.4. The summed E-state index contributed by atoms with van der Waals surface area (Å²) in [6.07, 6.45) is 34.0. The van der Waals surface area contributed by atoms with Crippen LogP contribution in [-0.4, -0.2) is 103 Å². The molecule has 11 heteroatoms. The van der Waals surface area contributed by atoms with E-state index in [2.05, 4.69) is 35.4 Å². The van der Waals surface area contributed by atoms with E-state index in [1.165, 1.54) is 103 Å². The second kappa shape index (κ2) is 39.4. The van der Waals surface area contributed by atoms with Crippen molar-refractivity contribution in [3.05, 3.63) is 0 Å². The van der Waals surface area contributed by atoms with Crippen LogP contribution in [0.15, 0.2) is 4.99 Å². The predicted octanol–water partition coefficient (Wildman–Crippen LogP) is 10.6. The Balaban J connectivity index is 4.40. The summed E-state index contributed by atoms with van der Waals surface area (Å²) >= 11 is 0. The van der Waals surface area contributed by atoms with Gasteiger partial charge < -0.3 is 24.0 Å². The van der Waals surface area contributed by atoms with E-state index >= 15 is 0 Å². The number of ether oxygens (including phenoxy) is 3. The number of nitrogens with one attached hydrogen (secondary N) is 1. The maximum absolute atomic E-state index is 12.1. The van der Waals surface area contributed by atoms with Crippen LogP contribution in [0.1, 0.15) is 201 Å². The van der Waals surface area contributed by atoms with Crippen LogP contribution in [0.3, 0.4) is 0 Å². The molecule has 55 heavy (non-hydrogen) atoms. The summed E-state index contributed by atoms with van der Waals surface area (Å²) in [5.41, 5.74) is 0. The SMILES string of the molecule is CCCCCCCCOC(=O)CCCCCCCN(CCCCCCCCOCOC(CCCCC)CCCCCC)CCCN=C(NS(C)(=O)=O)N(C)C. The zero-order valence-corrected chi connectivity index (χ0v) is 37.8. The Morgan fingerprint density at radius 2 is 1.09 bits per heavy atom. The lowest BCUT2D eigenvalue weighted by Gasteiger charge is -2.22. The Hall–Kier alpha value is -1.43. The topological polar surface area (TPSA) is 110 Å². The van der Waals surface area contributed by atoms with Gasteiger partial charge in [0, 0.05) is 33.7 Å². The third-order valence-corrected chi connectivity index (χ3v) is 10.7. The summed E-state index contributed by atoms with van der Waals surface area (Å²) in [5, 5.41) is 0. The highest BCUT2D eigenvalue weighted by Gasteiger charge is 2.11. The third kappa shape index (κ3) is 39.2. The first-order valence-corrected chi connectivity index (χ1v) is 24.8. The Labute approximate surface area is 341 Å². The van der Waals surface area contributed by atoms with E-state index in [0.29, 0.717) is 38.4 Å². The number of nitrogens with zero attached hydrogens (tertiary/aromatic N) is 3. The van der Waals surface area contributed by atoms with Crippen molar-refractivity contribution in [2.75, 3.05) is 66.5 Å². The molecule has 328 valence electrons. The van der Waals surface area contributed by atoms with Crippen molar-refractivity contribution in [1.29, 1.82) is 0 Å². The molecule has 0 saturated carbocycles. The van der Waals surface area contributed by atoms with E-state index in [9.17, 15) is 13.2 Å². The lowest BCUT2D eigenvalue weighted by atomic mass is 10.0. The van der Waals surface area contributed by atoms with E-state index in [1.54, 1.807) is 19.0 Å². The number of aliphatic imine (C=N–C) groups is 1. The molecule has 0 radical (unpaired) electrons. The number of carbonyl (C=O) groups is 1. The summed E-state index contributed by atoms with van der Waals surface area (Å²) < 4.78 is 43.4. The molecular formula is C44H90N4O6S. The van der Waals surface area contributed by atoms with Crippen molar-refractivity contribution in [3.8, 4) is 0 Å². The van der Waals surface area contributed by atoms with Gasteiger partial charge in [0.25, 0.3) is 0 Å². The molecule has 0 spiro atoms. The van der Waals surface area contributed by atoms with E-state index in [0.717, 1.165) is 103 Å². The third-order valence-electron chi connectivity index (χ3n) is 10.1. The molecule has 0 aromatic heterocycles. The maximum atomic E-state index is 12.1. The van der Waals surface area contributed by atoms with Crippen LogP contribution in [0, 0.1) is 0 Å². The van der Waals surface area contributed by atoms with Gasteiger partial charge in [-0.25, -0.2) is 8.42 Å². The first-order chi connectivity index (χ1) is 26.6. The van der Waals surface area contributed by atoms with Crippen molar-refractivity contribution in [1.82, 2.24) is 14.5 Å². The van der Waals surface area contributed by atoms with Crippen LogP contribution >= 0.6 is 0 Å². The molecule has 0 bridgehead atoms. The van der Waals surface area contributed by atoms with Crippen LogP contribution in [0.2, 0.25) is 0 Å². The average Bonchev–Trinajstić information content (AvgIpc) is 3.14. The smallest absolute Gasteiger partial charge is 0.305 e. The molecule has 0 aromatic carbocycles.